The van der Waals surface area contributed by atoms with E-state index in [4.69, 9.17) is 14.1 Å². The highest BCUT2D eigenvalue weighted by Gasteiger charge is 2.63. The molecule has 182 valence electrons. The van der Waals surface area contributed by atoms with Gasteiger partial charge in [0.15, 0.2) is 5.76 Å². The first-order valence-electron chi connectivity index (χ1n) is 11.8. The van der Waals surface area contributed by atoms with Gasteiger partial charge in [-0.05, 0) is 51.0 Å². The van der Waals surface area contributed by atoms with E-state index >= 15 is 0 Å². The summed E-state index contributed by atoms with van der Waals surface area (Å²) in [5.74, 6) is 0.555. The predicted octanol–water partition coefficient (Wildman–Crippen LogP) is 4.50. The van der Waals surface area contributed by atoms with Gasteiger partial charge < -0.3 is 19.1 Å². The van der Waals surface area contributed by atoms with Crippen LogP contribution in [0.3, 0.4) is 0 Å². The monoisotopic (exact) mass is 468 g/mol. The first-order valence-corrected chi connectivity index (χ1v) is 11.8. The van der Waals surface area contributed by atoms with Crippen LogP contribution in [-0.4, -0.2) is 57.4 Å². The number of ether oxygens (including phenoxy) is 1. The van der Waals surface area contributed by atoms with Crippen LogP contribution in [0.1, 0.15) is 63.1 Å². The highest BCUT2D eigenvalue weighted by molar-refractivity contribution is 5.77. The number of urea groups is 1. The van der Waals surface area contributed by atoms with Gasteiger partial charge in [0.25, 0.3) is 0 Å². The summed E-state index contributed by atoms with van der Waals surface area (Å²) in [6.45, 7) is 6.71. The fraction of sp³-hybridized carbons (Fsp3) is 0.560. The van der Waals surface area contributed by atoms with Crippen LogP contribution in [0.2, 0.25) is 0 Å². The van der Waals surface area contributed by atoms with Crippen LogP contribution < -0.4 is 0 Å². The number of aromatic nitrogens is 1. The summed E-state index contributed by atoms with van der Waals surface area (Å²) in [6, 6.07) is 11.5. The van der Waals surface area contributed by atoms with Gasteiger partial charge in [0.1, 0.15) is 17.9 Å². The highest BCUT2D eigenvalue weighted by Crippen LogP contribution is 2.61. The van der Waals surface area contributed by atoms with E-state index in [1.807, 2.05) is 62.1 Å². The van der Waals surface area contributed by atoms with Gasteiger partial charge >= 0.3 is 12.1 Å². The van der Waals surface area contributed by atoms with Gasteiger partial charge in [-0.15, -0.1) is 0 Å². The molecule has 1 aromatic carbocycles. The number of amides is 3. The lowest BCUT2D eigenvalue weighted by molar-refractivity contribution is -0.153. The van der Waals surface area contributed by atoms with Crippen molar-refractivity contribution < 1.29 is 23.7 Å². The highest BCUT2D eigenvalue weighted by atomic mass is 16.7. The molecule has 1 aliphatic carbocycles. The van der Waals surface area contributed by atoms with Crippen molar-refractivity contribution in [1.82, 2.24) is 20.0 Å². The summed E-state index contributed by atoms with van der Waals surface area (Å²) in [6.07, 6.45) is 2.56. The van der Waals surface area contributed by atoms with E-state index in [0.29, 0.717) is 18.9 Å². The third-order valence-electron chi connectivity index (χ3n) is 6.89. The first kappa shape index (κ1) is 22.7. The number of hydrogen-bond donors (Lipinski definition) is 0. The first-order chi connectivity index (χ1) is 16.2. The lowest BCUT2D eigenvalue weighted by Crippen LogP contribution is -2.42. The van der Waals surface area contributed by atoms with Gasteiger partial charge in [0, 0.05) is 19.7 Å². The maximum absolute atomic E-state index is 13.3. The molecule has 2 aromatic rings. The number of carbonyl (C=O) groups is 2. The zero-order valence-corrected chi connectivity index (χ0v) is 20.2. The number of piperidine rings is 1. The van der Waals surface area contributed by atoms with Crippen LogP contribution in [0.5, 0.6) is 0 Å². The Balaban J connectivity index is 1.27. The van der Waals surface area contributed by atoms with E-state index in [2.05, 4.69) is 5.16 Å². The van der Waals surface area contributed by atoms with Gasteiger partial charge in [-0.2, -0.15) is 5.06 Å². The van der Waals surface area contributed by atoms with Crippen LogP contribution >= 0.6 is 0 Å². The van der Waals surface area contributed by atoms with E-state index in [1.54, 1.807) is 12.1 Å². The number of benzene rings is 1. The number of rotatable bonds is 6. The number of hydrogen-bond acceptors (Lipinski definition) is 6. The molecular weight excluding hydrogens is 436 g/mol. The minimum atomic E-state index is -0.570. The van der Waals surface area contributed by atoms with Crippen molar-refractivity contribution >= 4 is 12.1 Å². The smallest absolute Gasteiger partial charge is 0.410 e. The molecule has 1 spiro atoms. The van der Waals surface area contributed by atoms with Gasteiger partial charge in [-0.1, -0.05) is 35.5 Å². The fourth-order valence-corrected chi connectivity index (χ4v) is 4.96. The molecule has 3 aliphatic rings. The number of carbonyl (C=O) groups excluding carboxylic acids is 2. The molecule has 9 heteroatoms. The van der Waals surface area contributed by atoms with Crippen LogP contribution in [0.25, 0.3) is 0 Å². The Labute approximate surface area is 199 Å². The summed E-state index contributed by atoms with van der Waals surface area (Å²) in [5.41, 5.74) is 1.25. The lowest BCUT2D eigenvalue weighted by Gasteiger charge is -2.35. The zero-order chi connectivity index (χ0) is 24.1. The molecule has 0 radical (unpaired) electrons. The lowest BCUT2D eigenvalue weighted by atomic mass is 9.84. The van der Waals surface area contributed by atoms with E-state index in [0.717, 1.165) is 30.5 Å². The zero-order valence-electron chi connectivity index (χ0n) is 20.2. The Morgan fingerprint density at radius 2 is 2.00 bits per heavy atom. The van der Waals surface area contributed by atoms with Crippen LogP contribution in [0.4, 0.5) is 9.59 Å². The minimum absolute atomic E-state index is 0.0598. The third-order valence-corrected chi connectivity index (χ3v) is 6.89. The minimum Gasteiger partial charge on any atom is -0.444 e. The third kappa shape index (κ3) is 4.36. The molecule has 2 atom stereocenters. The Kier molecular flexibility index (Phi) is 5.55. The second kappa shape index (κ2) is 8.30. The summed E-state index contributed by atoms with van der Waals surface area (Å²) in [4.78, 5) is 34.9. The van der Waals surface area contributed by atoms with Crippen molar-refractivity contribution in [2.75, 3.05) is 13.6 Å². The molecule has 34 heavy (non-hydrogen) atoms. The Hall–Kier alpha value is -3.07. The largest absolute Gasteiger partial charge is 0.444 e. The van der Waals surface area contributed by atoms with Crippen molar-refractivity contribution in [2.45, 2.75) is 70.9 Å². The van der Waals surface area contributed by atoms with Gasteiger partial charge in [-0.3, -0.25) is 4.84 Å². The summed E-state index contributed by atoms with van der Waals surface area (Å²) in [5, 5.41) is 5.88. The van der Waals surface area contributed by atoms with Crippen molar-refractivity contribution in [1.29, 1.82) is 0 Å². The molecule has 3 amide bonds. The molecule has 0 N–H and O–H groups in total. The average molecular weight is 469 g/mol. The van der Waals surface area contributed by atoms with Gasteiger partial charge in [-0.25, -0.2) is 9.59 Å². The van der Waals surface area contributed by atoms with Gasteiger partial charge in [0.2, 0.25) is 0 Å². The summed E-state index contributed by atoms with van der Waals surface area (Å²) < 4.78 is 11.0. The van der Waals surface area contributed by atoms with Crippen molar-refractivity contribution in [3.63, 3.8) is 0 Å². The fourth-order valence-electron chi connectivity index (χ4n) is 4.96. The van der Waals surface area contributed by atoms with E-state index in [9.17, 15) is 9.59 Å². The number of nitrogens with zero attached hydrogens (tertiary/aromatic N) is 4. The van der Waals surface area contributed by atoms with Crippen LogP contribution in [-0.2, 0) is 22.7 Å². The summed E-state index contributed by atoms with van der Waals surface area (Å²) >= 11 is 0. The normalized spacial score (nSPS) is 22.9. The molecule has 2 aliphatic heterocycles. The Bertz CT molecular complexity index is 1060. The van der Waals surface area contributed by atoms with Crippen LogP contribution in [0, 0.1) is 5.41 Å². The molecular formula is C25H32N4O5. The maximum Gasteiger partial charge on any atom is 0.410 e. The SMILES string of the molecule is CN(Cc1cc([C@@H]2CC3(CC3)[C@H]3CN2C(=O)N3OCc2ccccc2)no1)C(=O)OC(C)(C)C. The average Bonchev–Trinajstić information content (AvgIpc) is 3.28. The van der Waals surface area contributed by atoms with E-state index < -0.39 is 11.7 Å². The van der Waals surface area contributed by atoms with E-state index in [-0.39, 0.29) is 30.1 Å². The van der Waals surface area contributed by atoms with Crippen molar-refractivity contribution in [3.05, 3.63) is 53.4 Å². The molecule has 0 unspecified atom stereocenters. The van der Waals surface area contributed by atoms with E-state index in [1.165, 1.54) is 4.90 Å². The van der Waals surface area contributed by atoms with Crippen molar-refractivity contribution in [3.8, 4) is 0 Å². The number of hydroxylamine groups is 2. The van der Waals surface area contributed by atoms with Crippen molar-refractivity contribution in [2.24, 2.45) is 5.41 Å². The molecule has 3 heterocycles. The Morgan fingerprint density at radius 1 is 1.26 bits per heavy atom. The molecule has 5 rings (SSSR count). The van der Waals surface area contributed by atoms with Crippen LogP contribution in [0.15, 0.2) is 40.9 Å². The second-order valence-corrected chi connectivity index (χ2v) is 10.7. The topological polar surface area (TPSA) is 88.4 Å². The standard InChI is InChI=1S/C25H32N4O5/c1-24(2,3)33-23(31)27(4)14-18-12-19(26-34-18)20-13-25(10-11-25)21-15-28(20)22(30)29(21)32-16-17-8-6-5-7-9-17/h5-9,12,20-21H,10-11,13-16H2,1-4H3/t20-,21+/m0/s1. The molecule has 2 bridgehead atoms. The van der Waals surface area contributed by atoms with Gasteiger partial charge in [0.05, 0.1) is 18.6 Å². The molecule has 2 saturated heterocycles. The summed E-state index contributed by atoms with van der Waals surface area (Å²) in [7, 11) is 1.66. The number of fused-ring (bicyclic) bond motifs is 3. The Morgan fingerprint density at radius 3 is 2.68 bits per heavy atom. The quantitative estimate of drug-likeness (QED) is 0.620. The molecule has 1 aromatic heterocycles. The molecule has 1 saturated carbocycles. The molecule has 3 fully saturated rings. The predicted molar refractivity (Wildman–Crippen MR) is 122 cm³/mol. The second-order valence-electron chi connectivity index (χ2n) is 10.7. The molecule has 9 nitrogen and oxygen atoms in total. The maximum atomic E-state index is 13.3.